The fraction of sp³-hybridized carbons (Fsp3) is 0. The predicted octanol–water partition coefficient (Wildman–Crippen LogP) is -0.525. The van der Waals surface area contributed by atoms with Gasteiger partial charge in [0.25, 0.3) is 0 Å². The summed E-state index contributed by atoms with van der Waals surface area (Å²) in [7, 11) is 0.458. The van der Waals surface area contributed by atoms with E-state index >= 15 is 0 Å². The number of rotatable bonds is 1. The zero-order chi connectivity index (χ0) is 7.40. The first-order valence-corrected chi connectivity index (χ1v) is 3.79. The second-order valence-corrected chi connectivity index (χ2v) is 2.27. The van der Waals surface area contributed by atoms with E-state index < -0.39 is 0 Å². The first-order chi connectivity index (χ1) is 4.84. The molecule has 0 aromatic heterocycles. The molecule has 54 valence electrons. The summed E-state index contributed by atoms with van der Waals surface area (Å²) in [6.45, 7) is 0. The molecule has 0 saturated heterocycles. The van der Waals surface area contributed by atoms with Crippen LogP contribution in [0.2, 0.25) is 0 Å². The topological polar surface area (TPSA) is 26.3 Å². The van der Waals surface area contributed by atoms with E-state index in [1.807, 2.05) is 18.2 Å². The van der Waals surface area contributed by atoms with E-state index in [4.69, 9.17) is 0 Å². The average molecular weight is 176 g/mol. The van der Waals surface area contributed by atoms with Gasteiger partial charge in [0.1, 0.15) is 0 Å². The molecule has 0 amide bonds. The van der Waals surface area contributed by atoms with Crippen LogP contribution in [0.5, 0.6) is 0 Å². The van der Waals surface area contributed by atoms with Crippen LogP contribution in [-0.2, 0) is 4.43 Å². The molecule has 0 saturated carbocycles. The van der Waals surface area contributed by atoms with Gasteiger partial charge in [-0.05, 0) is 12.1 Å². The molecule has 0 unspecified atom stereocenters. The molecule has 4 heteroatoms. The molecule has 0 radical (unpaired) electrons. The van der Waals surface area contributed by atoms with E-state index in [1.165, 1.54) is 0 Å². The van der Waals surface area contributed by atoms with Crippen LogP contribution >= 0.6 is 0 Å². The van der Waals surface area contributed by atoms with Crippen LogP contribution < -0.4 is 0 Å². The van der Waals surface area contributed by atoms with Crippen molar-refractivity contribution in [3.05, 3.63) is 35.9 Å². The Morgan fingerprint density at radius 2 is 1.82 bits per heavy atom. The second kappa shape index (κ2) is 5.54. The van der Waals surface area contributed by atoms with E-state index in [2.05, 4.69) is 4.43 Å². The summed E-state index contributed by atoms with van der Waals surface area (Å²) >= 11 is 0. The Kier molecular flexibility index (Phi) is 5.50. The molecule has 1 aromatic carbocycles. The van der Waals surface area contributed by atoms with Gasteiger partial charge in [0, 0.05) is 0 Å². The molecule has 2 nitrogen and oxygen atoms in total. The third-order valence-electron chi connectivity index (χ3n) is 1.19. The summed E-state index contributed by atoms with van der Waals surface area (Å²) < 4.78 is 4.64. The van der Waals surface area contributed by atoms with Gasteiger partial charge in [-0.15, -0.1) is 0 Å². The van der Waals surface area contributed by atoms with Crippen LogP contribution in [0.1, 0.15) is 10.4 Å². The van der Waals surface area contributed by atoms with Gasteiger partial charge in [-0.1, -0.05) is 18.2 Å². The quantitative estimate of drug-likeness (QED) is 0.538. The molecule has 0 N–H and O–H groups in total. The number of benzene rings is 1. The van der Waals surface area contributed by atoms with Crippen molar-refractivity contribution in [3.63, 3.8) is 0 Å². The first kappa shape index (κ1) is 10.9. The average Bonchev–Trinajstić information content (AvgIpc) is 2.05. The van der Waals surface area contributed by atoms with Crippen molar-refractivity contribution < 1.29 is 9.22 Å². The predicted molar refractivity (Wildman–Crippen MR) is 48.9 cm³/mol. The monoisotopic (exact) mass is 176 g/mol. The van der Waals surface area contributed by atoms with Gasteiger partial charge in [0.05, 0.1) is 5.56 Å². The number of carbonyl (C=O) groups excluding carboxylic acids is 1. The van der Waals surface area contributed by atoms with Gasteiger partial charge in [0.15, 0.2) is 0 Å². The zero-order valence-corrected chi connectivity index (χ0v) is 7.70. The zero-order valence-electron chi connectivity index (χ0n) is 5.70. The van der Waals surface area contributed by atoms with E-state index in [1.54, 1.807) is 12.1 Å². The van der Waals surface area contributed by atoms with Crippen LogP contribution in [0.15, 0.2) is 30.3 Å². The first-order valence-electron chi connectivity index (χ1n) is 2.98. The van der Waals surface area contributed by atoms with E-state index in [0.717, 1.165) is 0 Å². The molecule has 0 aliphatic rings. The minimum atomic E-state index is -0.229. The van der Waals surface area contributed by atoms with Crippen LogP contribution in [0.4, 0.5) is 0 Å². The molecule has 0 aliphatic heterocycles. The standard InChI is InChI=1S/C7H8O2Si.Na.H/c8-7(9-10)6-4-2-1-3-5-6;;/h1-5H,10H3;;. The summed E-state index contributed by atoms with van der Waals surface area (Å²) in [5.74, 6) is -0.229. The number of hydrogen-bond donors (Lipinski definition) is 0. The van der Waals surface area contributed by atoms with Crippen molar-refractivity contribution in [1.29, 1.82) is 0 Å². The molecule has 11 heavy (non-hydrogen) atoms. The fourth-order valence-corrected chi connectivity index (χ4v) is 0.928. The molecule has 0 aliphatic carbocycles. The molecular formula is C7H9NaO2Si. The van der Waals surface area contributed by atoms with Crippen molar-refractivity contribution in [2.75, 3.05) is 0 Å². The molecule has 0 heterocycles. The summed E-state index contributed by atoms with van der Waals surface area (Å²) in [6, 6.07) is 8.96. The van der Waals surface area contributed by atoms with Crippen LogP contribution in [0.25, 0.3) is 0 Å². The molecule has 1 aromatic rings. The Hall–Kier alpha value is -0.0931. The van der Waals surface area contributed by atoms with E-state index in [0.29, 0.717) is 16.0 Å². The second-order valence-electron chi connectivity index (χ2n) is 1.86. The van der Waals surface area contributed by atoms with E-state index in [9.17, 15) is 4.79 Å². The third-order valence-corrected chi connectivity index (χ3v) is 1.57. The molecule has 0 fully saturated rings. The molecule has 0 atom stereocenters. The van der Waals surface area contributed by atoms with Crippen LogP contribution in [0, 0.1) is 0 Å². The van der Waals surface area contributed by atoms with E-state index in [-0.39, 0.29) is 35.5 Å². The van der Waals surface area contributed by atoms with Crippen molar-refractivity contribution >= 4 is 46.0 Å². The Morgan fingerprint density at radius 1 is 1.27 bits per heavy atom. The third kappa shape index (κ3) is 3.20. The SMILES string of the molecule is O=C(O[SiH3])c1ccccc1.[NaH]. The van der Waals surface area contributed by atoms with Gasteiger partial charge >= 0.3 is 35.5 Å². The van der Waals surface area contributed by atoms with Crippen LogP contribution in [-0.4, -0.2) is 46.0 Å². The van der Waals surface area contributed by atoms with Gasteiger partial charge in [-0.25, -0.2) is 4.79 Å². The number of carbonyl (C=O) groups is 1. The van der Waals surface area contributed by atoms with Crippen molar-refractivity contribution in [3.8, 4) is 0 Å². The van der Waals surface area contributed by atoms with Crippen molar-refractivity contribution in [1.82, 2.24) is 0 Å². The Balaban J connectivity index is 0.000001000. The molecular weight excluding hydrogens is 167 g/mol. The maximum absolute atomic E-state index is 10.8. The van der Waals surface area contributed by atoms with Gasteiger partial charge in [-0.2, -0.15) is 0 Å². The Labute approximate surface area is 90.8 Å². The van der Waals surface area contributed by atoms with Crippen LogP contribution in [0.3, 0.4) is 0 Å². The molecule has 0 bridgehead atoms. The Bertz CT molecular complexity index is 225. The number of hydrogen-bond acceptors (Lipinski definition) is 2. The summed E-state index contributed by atoms with van der Waals surface area (Å²) in [5.41, 5.74) is 0.623. The molecule has 1 rings (SSSR count). The minimum absolute atomic E-state index is 0. The van der Waals surface area contributed by atoms with Crippen molar-refractivity contribution in [2.24, 2.45) is 0 Å². The summed E-state index contributed by atoms with van der Waals surface area (Å²) in [4.78, 5) is 10.8. The molecule has 0 spiro atoms. The van der Waals surface area contributed by atoms with Crippen molar-refractivity contribution in [2.45, 2.75) is 0 Å². The summed E-state index contributed by atoms with van der Waals surface area (Å²) in [6.07, 6.45) is 0. The summed E-state index contributed by atoms with van der Waals surface area (Å²) in [5, 5.41) is 0. The van der Waals surface area contributed by atoms with Gasteiger partial charge < -0.3 is 4.43 Å². The van der Waals surface area contributed by atoms with Gasteiger partial charge in [-0.3, -0.25) is 0 Å². The maximum atomic E-state index is 10.8. The fourth-order valence-electron chi connectivity index (χ4n) is 0.692. The normalized spacial score (nSPS) is 8.36. The van der Waals surface area contributed by atoms with Gasteiger partial charge in [0.2, 0.25) is 10.5 Å². The Morgan fingerprint density at radius 3 is 2.27 bits per heavy atom.